The van der Waals surface area contributed by atoms with Gasteiger partial charge in [-0.05, 0) is 6.07 Å². The highest BCUT2D eigenvalue weighted by atomic mass is 35.5. The van der Waals surface area contributed by atoms with Crippen LogP contribution in [0.5, 0.6) is 0 Å². The zero-order valence-electron chi connectivity index (χ0n) is 9.32. The van der Waals surface area contributed by atoms with Gasteiger partial charge in [-0.1, -0.05) is 23.2 Å². The van der Waals surface area contributed by atoms with Crippen molar-refractivity contribution >= 4 is 40.4 Å². The standard InChI is InChI=1S/C11H9Cl2N3OS/c12-9-7-8(10(13)18-9)11(17)16(5-1-3-14)6-2-4-15/h7H,1-2,5-6H2. The maximum Gasteiger partial charge on any atom is 0.256 e. The van der Waals surface area contributed by atoms with Gasteiger partial charge in [-0.3, -0.25) is 4.79 Å². The van der Waals surface area contributed by atoms with Gasteiger partial charge in [0.25, 0.3) is 5.91 Å². The van der Waals surface area contributed by atoms with Gasteiger partial charge in [0.15, 0.2) is 0 Å². The van der Waals surface area contributed by atoms with Gasteiger partial charge in [-0.15, -0.1) is 11.3 Å². The molecule has 0 aliphatic rings. The molecule has 0 N–H and O–H groups in total. The molecule has 1 aromatic heterocycles. The summed E-state index contributed by atoms with van der Waals surface area (Å²) in [7, 11) is 0. The number of hydrogen-bond acceptors (Lipinski definition) is 4. The van der Waals surface area contributed by atoms with Gasteiger partial charge < -0.3 is 4.90 Å². The van der Waals surface area contributed by atoms with Crippen molar-refractivity contribution < 1.29 is 4.79 Å². The summed E-state index contributed by atoms with van der Waals surface area (Å²) in [6.07, 6.45) is 0.430. The largest absolute Gasteiger partial charge is 0.337 e. The molecule has 18 heavy (non-hydrogen) atoms. The summed E-state index contributed by atoms with van der Waals surface area (Å²) < 4.78 is 0.757. The highest BCUT2D eigenvalue weighted by molar-refractivity contribution is 7.20. The Balaban J connectivity index is 2.85. The zero-order valence-corrected chi connectivity index (χ0v) is 11.6. The van der Waals surface area contributed by atoms with Crippen LogP contribution in [-0.2, 0) is 0 Å². The van der Waals surface area contributed by atoms with Crippen LogP contribution >= 0.6 is 34.5 Å². The number of rotatable bonds is 5. The van der Waals surface area contributed by atoms with Crippen LogP contribution in [0.1, 0.15) is 23.2 Å². The van der Waals surface area contributed by atoms with Crippen molar-refractivity contribution in [2.24, 2.45) is 0 Å². The third-order valence-electron chi connectivity index (χ3n) is 2.16. The summed E-state index contributed by atoms with van der Waals surface area (Å²) in [6, 6.07) is 5.44. The zero-order chi connectivity index (χ0) is 13.5. The topological polar surface area (TPSA) is 67.9 Å². The van der Waals surface area contributed by atoms with E-state index in [2.05, 4.69) is 0 Å². The molecule has 0 unspecified atom stereocenters. The molecule has 0 fully saturated rings. The average Bonchev–Trinajstić information content (AvgIpc) is 2.68. The first-order chi connectivity index (χ1) is 8.60. The summed E-state index contributed by atoms with van der Waals surface area (Å²) in [5.41, 5.74) is 0.322. The minimum Gasteiger partial charge on any atom is -0.337 e. The summed E-state index contributed by atoms with van der Waals surface area (Å²) in [5, 5.41) is 17.1. The van der Waals surface area contributed by atoms with Crippen molar-refractivity contribution in [2.75, 3.05) is 13.1 Å². The molecule has 0 spiro atoms. The Morgan fingerprint density at radius 2 is 1.83 bits per heavy atom. The van der Waals surface area contributed by atoms with Gasteiger partial charge in [0.05, 0.1) is 34.9 Å². The second-order valence-electron chi connectivity index (χ2n) is 3.35. The molecule has 1 amide bonds. The number of hydrogen-bond donors (Lipinski definition) is 0. The van der Waals surface area contributed by atoms with E-state index in [0.717, 1.165) is 11.3 Å². The van der Waals surface area contributed by atoms with Crippen LogP contribution in [0.3, 0.4) is 0 Å². The summed E-state index contributed by atoms with van der Waals surface area (Å²) in [4.78, 5) is 13.6. The lowest BCUT2D eigenvalue weighted by molar-refractivity contribution is 0.0763. The summed E-state index contributed by atoms with van der Waals surface area (Å²) >= 11 is 12.8. The Bertz CT molecular complexity index is 497. The molecule has 7 heteroatoms. The van der Waals surface area contributed by atoms with Crippen LogP contribution in [-0.4, -0.2) is 23.9 Å². The van der Waals surface area contributed by atoms with E-state index in [0.29, 0.717) is 14.2 Å². The lowest BCUT2D eigenvalue weighted by Crippen LogP contribution is -2.32. The fraction of sp³-hybridized carbons (Fsp3) is 0.364. The number of halogens is 2. The fourth-order valence-corrected chi connectivity index (χ4v) is 2.79. The first kappa shape index (κ1) is 14.8. The number of nitriles is 2. The molecular weight excluding hydrogens is 293 g/mol. The van der Waals surface area contributed by atoms with Crippen molar-refractivity contribution in [1.82, 2.24) is 4.90 Å². The molecule has 4 nitrogen and oxygen atoms in total. The molecule has 0 aromatic carbocycles. The Morgan fingerprint density at radius 3 is 2.22 bits per heavy atom. The number of carbonyl (C=O) groups excluding carboxylic acids is 1. The number of amides is 1. The average molecular weight is 302 g/mol. The van der Waals surface area contributed by atoms with Gasteiger partial charge in [-0.2, -0.15) is 10.5 Å². The van der Waals surface area contributed by atoms with Gasteiger partial charge in [0.2, 0.25) is 0 Å². The first-order valence-electron chi connectivity index (χ1n) is 5.08. The maximum atomic E-state index is 12.2. The SMILES string of the molecule is N#CCCN(CCC#N)C(=O)c1cc(Cl)sc1Cl. The molecule has 1 rings (SSSR count). The second-order valence-corrected chi connectivity index (χ2v) is 5.63. The van der Waals surface area contributed by atoms with E-state index in [1.807, 2.05) is 12.1 Å². The predicted molar refractivity (Wildman–Crippen MR) is 70.7 cm³/mol. The van der Waals surface area contributed by atoms with Crippen LogP contribution in [0.25, 0.3) is 0 Å². The van der Waals surface area contributed by atoms with Crippen molar-refractivity contribution in [3.05, 3.63) is 20.3 Å². The van der Waals surface area contributed by atoms with E-state index in [4.69, 9.17) is 33.7 Å². The van der Waals surface area contributed by atoms with Crippen LogP contribution < -0.4 is 0 Å². The molecule has 0 bridgehead atoms. The number of carbonyl (C=O) groups is 1. The smallest absolute Gasteiger partial charge is 0.256 e. The monoisotopic (exact) mass is 301 g/mol. The van der Waals surface area contributed by atoms with Crippen molar-refractivity contribution in [2.45, 2.75) is 12.8 Å². The molecule has 1 aromatic rings. The Labute approximate surface area is 119 Å². The lowest BCUT2D eigenvalue weighted by atomic mass is 10.2. The maximum absolute atomic E-state index is 12.2. The molecule has 1 heterocycles. The minimum absolute atomic E-state index is 0.215. The molecule has 0 saturated heterocycles. The fourth-order valence-electron chi connectivity index (χ4n) is 1.34. The van der Waals surface area contributed by atoms with E-state index < -0.39 is 0 Å². The third-order valence-corrected chi connectivity index (χ3v) is 3.65. The van der Waals surface area contributed by atoms with E-state index in [-0.39, 0.29) is 31.8 Å². The molecule has 0 radical (unpaired) electrons. The van der Waals surface area contributed by atoms with E-state index in [1.54, 1.807) is 0 Å². The van der Waals surface area contributed by atoms with Crippen LogP contribution in [0.2, 0.25) is 8.67 Å². The van der Waals surface area contributed by atoms with Gasteiger partial charge in [0.1, 0.15) is 4.34 Å². The quantitative estimate of drug-likeness (QED) is 0.837. The first-order valence-corrected chi connectivity index (χ1v) is 6.65. The predicted octanol–water partition coefficient (Wildman–Crippen LogP) is 3.32. The summed E-state index contributed by atoms with van der Waals surface area (Å²) in [5.74, 6) is -0.298. The van der Waals surface area contributed by atoms with E-state index in [9.17, 15) is 4.79 Å². The molecule has 94 valence electrons. The lowest BCUT2D eigenvalue weighted by Gasteiger charge is -2.19. The Morgan fingerprint density at radius 1 is 1.28 bits per heavy atom. The highest BCUT2D eigenvalue weighted by Crippen LogP contribution is 2.31. The minimum atomic E-state index is -0.298. The van der Waals surface area contributed by atoms with Crippen molar-refractivity contribution in [3.63, 3.8) is 0 Å². The number of thiophene rings is 1. The van der Waals surface area contributed by atoms with Gasteiger partial charge >= 0.3 is 0 Å². The van der Waals surface area contributed by atoms with E-state index in [1.165, 1.54) is 11.0 Å². The third kappa shape index (κ3) is 3.89. The van der Waals surface area contributed by atoms with Gasteiger partial charge in [0, 0.05) is 13.1 Å². The van der Waals surface area contributed by atoms with Crippen LogP contribution in [0.15, 0.2) is 6.07 Å². The molecule has 0 aliphatic carbocycles. The van der Waals surface area contributed by atoms with Crippen LogP contribution in [0, 0.1) is 22.7 Å². The number of nitrogens with zero attached hydrogens (tertiary/aromatic N) is 3. The van der Waals surface area contributed by atoms with Crippen LogP contribution in [0.4, 0.5) is 0 Å². The van der Waals surface area contributed by atoms with Crippen molar-refractivity contribution in [1.29, 1.82) is 10.5 Å². The molecule has 0 aliphatic heterocycles. The Kier molecular flexibility index (Phi) is 5.94. The molecule has 0 atom stereocenters. The van der Waals surface area contributed by atoms with Gasteiger partial charge in [-0.25, -0.2) is 0 Å². The highest BCUT2D eigenvalue weighted by Gasteiger charge is 2.20. The van der Waals surface area contributed by atoms with Crippen molar-refractivity contribution in [3.8, 4) is 12.1 Å². The Hall–Kier alpha value is -1.27. The normalized spacial score (nSPS) is 9.56. The van der Waals surface area contributed by atoms with E-state index >= 15 is 0 Å². The summed E-state index contributed by atoms with van der Waals surface area (Å²) in [6.45, 7) is 0.557. The second kappa shape index (κ2) is 7.23. The molecular formula is C11H9Cl2N3OS. The molecule has 0 saturated carbocycles.